The molecule has 2 aliphatic rings. The van der Waals surface area contributed by atoms with Crippen molar-refractivity contribution in [3.63, 3.8) is 0 Å². The lowest BCUT2D eigenvalue weighted by Gasteiger charge is -2.47. The molecule has 15 heavy (non-hydrogen) atoms. The lowest BCUT2D eigenvalue weighted by atomic mass is 9.60. The van der Waals surface area contributed by atoms with Crippen LogP contribution in [0.25, 0.3) is 0 Å². The molecule has 1 atom stereocenters. The summed E-state index contributed by atoms with van der Waals surface area (Å²) in [4.78, 5) is 11.1. The van der Waals surface area contributed by atoms with Crippen LogP contribution in [0.15, 0.2) is 0 Å². The number of ketones is 1. The van der Waals surface area contributed by atoms with Gasteiger partial charge < -0.3 is 5.73 Å². The number of Topliss-reactive ketones (excluding diaryl/α,β-unsaturated/α-hetero) is 1. The molecule has 0 aromatic heterocycles. The molecule has 0 bridgehead atoms. The Morgan fingerprint density at radius 1 is 1.40 bits per heavy atom. The molecule has 0 spiro atoms. The molecule has 2 fully saturated rings. The Kier molecular flexibility index (Phi) is 2.63. The van der Waals surface area contributed by atoms with Crippen molar-refractivity contribution in [1.82, 2.24) is 0 Å². The van der Waals surface area contributed by atoms with E-state index in [1.54, 1.807) is 0 Å². The van der Waals surface area contributed by atoms with Crippen LogP contribution in [0.3, 0.4) is 0 Å². The average Bonchev–Trinajstić information content (AvgIpc) is 2.11. The summed E-state index contributed by atoms with van der Waals surface area (Å²) in [5.74, 6) is 0.873. The molecule has 86 valence electrons. The predicted octanol–water partition coefficient (Wildman–Crippen LogP) is 0.119. The molecule has 1 unspecified atom stereocenters. The second-order valence-electron chi connectivity index (χ2n) is 4.91. The molecule has 2 rings (SSSR count). The molecule has 0 aromatic rings. The third-order valence-electron chi connectivity index (χ3n) is 3.83. The molecule has 0 amide bonds. The van der Waals surface area contributed by atoms with E-state index in [-0.39, 0.29) is 22.9 Å². The van der Waals surface area contributed by atoms with Crippen LogP contribution in [-0.4, -0.2) is 32.3 Å². The Morgan fingerprint density at radius 2 is 2.07 bits per heavy atom. The molecule has 4 nitrogen and oxygen atoms in total. The zero-order chi connectivity index (χ0) is 11.1. The summed E-state index contributed by atoms with van der Waals surface area (Å²) in [6, 6.07) is 0. The highest BCUT2D eigenvalue weighted by Crippen LogP contribution is 2.47. The van der Waals surface area contributed by atoms with Gasteiger partial charge in [-0.15, -0.1) is 0 Å². The smallest absolute Gasteiger partial charge is 0.150 e. The van der Waals surface area contributed by atoms with Crippen LogP contribution in [0.4, 0.5) is 0 Å². The van der Waals surface area contributed by atoms with E-state index in [0.717, 1.165) is 12.8 Å². The summed E-state index contributed by atoms with van der Waals surface area (Å²) in [7, 11) is -2.89. The predicted molar refractivity (Wildman–Crippen MR) is 57.1 cm³/mol. The minimum atomic E-state index is -2.89. The summed E-state index contributed by atoms with van der Waals surface area (Å²) < 4.78 is 23.0. The van der Waals surface area contributed by atoms with Gasteiger partial charge in [-0.1, -0.05) is 0 Å². The van der Waals surface area contributed by atoms with Crippen molar-refractivity contribution >= 4 is 15.6 Å². The van der Waals surface area contributed by atoms with E-state index in [2.05, 4.69) is 0 Å². The lowest BCUT2D eigenvalue weighted by Crippen LogP contribution is -2.52. The first-order chi connectivity index (χ1) is 6.97. The first-order valence-electron chi connectivity index (χ1n) is 5.40. The molecule has 0 aromatic carbocycles. The van der Waals surface area contributed by atoms with E-state index >= 15 is 0 Å². The molecule has 5 heteroatoms. The topological polar surface area (TPSA) is 77.2 Å². The molecule has 0 radical (unpaired) electrons. The van der Waals surface area contributed by atoms with E-state index in [1.807, 2.05) is 0 Å². The fourth-order valence-corrected chi connectivity index (χ4v) is 4.75. The van der Waals surface area contributed by atoms with Gasteiger partial charge in [-0.05, 0) is 25.3 Å². The van der Waals surface area contributed by atoms with Crippen LogP contribution < -0.4 is 5.73 Å². The van der Waals surface area contributed by atoms with Gasteiger partial charge in [-0.2, -0.15) is 0 Å². The Labute approximate surface area is 90.1 Å². The molecule has 1 aliphatic carbocycles. The minimum Gasteiger partial charge on any atom is -0.330 e. The number of hydrogen-bond acceptors (Lipinski definition) is 4. The van der Waals surface area contributed by atoms with Crippen molar-refractivity contribution in [1.29, 1.82) is 0 Å². The molecule has 1 aliphatic heterocycles. The number of carbonyl (C=O) groups is 1. The van der Waals surface area contributed by atoms with Gasteiger partial charge in [0.2, 0.25) is 0 Å². The highest BCUT2D eigenvalue weighted by atomic mass is 32.2. The van der Waals surface area contributed by atoms with Gasteiger partial charge >= 0.3 is 0 Å². The first-order valence-corrected chi connectivity index (χ1v) is 7.22. The van der Waals surface area contributed by atoms with Crippen molar-refractivity contribution in [2.75, 3.05) is 18.1 Å². The van der Waals surface area contributed by atoms with Crippen molar-refractivity contribution in [2.45, 2.75) is 25.7 Å². The quantitative estimate of drug-likeness (QED) is 0.732. The molecule has 2 N–H and O–H groups in total. The fraction of sp³-hybridized carbons (Fsp3) is 0.900. The van der Waals surface area contributed by atoms with Crippen LogP contribution >= 0.6 is 0 Å². The van der Waals surface area contributed by atoms with E-state index in [9.17, 15) is 13.2 Å². The summed E-state index contributed by atoms with van der Waals surface area (Å²) in [6.07, 6.45) is 2.61. The van der Waals surface area contributed by atoms with Crippen LogP contribution in [-0.2, 0) is 14.6 Å². The van der Waals surface area contributed by atoms with Crippen LogP contribution in [0.2, 0.25) is 0 Å². The second kappa shape index (κ2) is 3.56. The largest absolute Gasteiger partial charge is 0.330 e. The zero-order valence-electron chi connectivity index (χ0n) is 8.74. The number of sulfone groups is 1. The maximum atomic E-state index is 11.5. The summed E-state index contributed by atoms with van der Waals surface area (Å²) >= 11 is 0. The maximum absolute atomic E-state index is 11.5. The molecular formula is C10H17NO3S. The summed E-state index contributed by atoms with van der Waals surface area (Å²) in [5.41, 5.74) is 5.51. The third-order valence-corrected chi connectivity index (χ3v) is 5.65. The van der Waals surface area contributed by atoms with Crippen molar-refractivity contribution in [3.05, 3.63) is 0 Å². The molecule has 1 saturated carbocycles. The zero-order valence-corrected chi connectivity index (χ0v) is 9.55. The second-order valence-corrected chi connectivity index (χ2v) is 7.14. The van der Waals surface area contributed by atoms with Crippen LogP contribution in [0, 0.1) is 11.3 Å². The van der Waals surface area contributed by atoms with E-state index < -0.39 is 9.84 Å². The SMILES string of the molecule is NCC1(C2CCCS(=O)(=O)C2)CC(=O)C1. The van der Waals surface area contributed by atoms with Crippen LogP contribution in [0.1, 0.15) is 25.7 Å². The van der Waals surface area contributed by atoms with Crippen molar-refractivity contribution in [2.24, 2.45) is 17.1 Å². The Balaban J connectivity index is 2.13. The van der Waals surface area contributed by atoms with Gasteiger partial charge in [-0.25, -0.2) is 8.42 Å². The molecule has 1 saturated heterocycles. The Hall–Kier alpha value is -0.420. The Morgan fingerprint density at radius 3 is 2.53 bits per heavy atom. The first kappa shape index (κ1) is 11.1. The summed E-state index contributed by atoms with van der Waals surface area (Å²) in [5, 5.41) is 0. The van der Waals surface area contributed by atoms with Crippen molar-refractivity contribution < 1.29 is 13.2 Å². The van der Waals surface area contributed by atoms with Gasteiger partial charge in [0.1, 0.15) is 5.78 Å². The maximum Gasteiger partial charge on any atom is 0.150 e. The van der Waals surface area contributed by atoms with E-state index in [0.29, 0.717) is 25.1 Å². The van der Waals surface area contributed by atoms with E-state index in [4.69, 9.17) is 5.73 Å². The summed E-state index contributed by atoms with van der Waals surface area (Å²) in [6.45, 7) is 0.443. The molecule has 1 heterocycles. The minimum absolute atomic E-state index is 0.110. The Bertz CT molecular complexity index is 366. The standard InChI is InChI=1S/C10H17NO3S/c11-7-10(4-9(12)5-10)8-2-1-3-15(13,14)6-8/h8H,1-7,11H2. The van der Waals surface area contributed by atoms with Crippen molar-refractivity contribution in [3.8, 4) is 0 Å². The van der Waals surface area contributed by atoms with Gasteiger partial charge in [0.15, 0.2) is 9.84 Å². The third kappa shape index (κ3) is 1.95. The van der Waals surface area contributed by atoms with E-state index in [1.165, 1.54) is 0 Å². The van der Waals surface area contributed by atoms with Gasteiger partial charge in [0, 0.05) is 18.3 Å². The molecular weight excluding hydrogens is 214 g/mol. The van der Waals surface area contributed by atoms with Gasteiger partial charge in [0.25, 0.3) is 0 Å². The van der Waals surface area contributed by atoms with Crippen LogP contribution in [0.5, 0.6) is 0 Å². The average molecular weight is 231 g/mol. The van der Waals surface area contributed by atoms with Gasteiger partial charge in [0.05, 0.1) is 11.5 Å². The number of hydrogen-bond donors (Lipinski definition) is 1. The lowest BCUT2D eigenvalue weighted by molar-refractivity contribution is -0.135. The highest BCUT2D eigenvalue weighted by molar-refractivity contribution is 7.91. The van der Waals surface area contributed by atoms with Gasteiger partial charge in [-0.3, -0.25) is 4.79 Å². The normalized spacial score (nSPS) is 33.4. The number of rotatable bonds is 2. The highest BCUT2D eigenvalue weighted by Gasteiger charge is 2.49. The monoisotopic (exact) mass is 231 g/mol. The number of carbonyl (C=O) groups excluding carboxylic acids is 1. The number of nitrogens with two attached hydrogens (primary N) is 1. The fourth-order valence-electron chi connectivity index (χ4n) is 2.84.